The lowest BCUT2D eigenvalue weighted by atomic mass is 10.2. The van der Waals surface area contributed by atoms with Gasteiger partial charge in [-0.05, 0) is 24.6 Å². The fourth-order valence-electron chi connectivity index (χ4n) is 1.45. The van der Waals surface area contributed by atoms with Crippen LogP contribution < -0.4 is 0 Å². The molecule has 0 heterocycles. The maximum atomic E-state index is 11.9. The number of hydrogen-bond acceptors (Lipinski definition) is 4. The van der Waals surface area contributed by atoms with E-state index in [1.807, 2.05) is 24.3 Å². The second kappa shape index (κ2) is 7.02. The van der Waals surface area contributed by atoms with Crippen LogP contribution in [-0.2, 0) is 26.1 Å². The van der Waals surface area contributed by atoms with E-state index in [4.69, 9.17) is 0 Å². The van der Waals surface area contributed by atoms with Crippen molar-refractivity contribution in [3.8, 4) is 0 Å². The summed E-state index contributed by atoms with van der Waals surface area (Å²) >= 11 is 3.32. The van der Waals surface area contributed by atoms with Crippen LogP contribution in [0.3, 0.4) is 0 Å². The molecule has 0 aliphatic rings. The Balaban J connectivity index is 2.71. The van der Waals surface area contributed by atoms with Crippen LogP contribution in [-0.4, -0.2) is 38.1 Å². The van der Waals surface area contributed by atoms with Crippen LogP contribution in [0.25, 0.3) is 0 Å². The molecular formula is C12H16BrNO4S. The molecule has 0 aliphatic heterocycles. The Morgan fingerprint density at radius 3 is 2.68 bits per heavy atom. The topological polar surface area (TPSA) is 63.7 Å². The van der Waals surface area contributed by atoms with Crippen molar-refractivity contribution in [3.63, 3.8) is 0 Å². The van der Waals surface area contributed by atoms with E-state index in [0.717, 1.165) is 14.3 Å². The molecule has 0 unspecified atom stereocenters. The van der Waals surface area contributed by atoms with Gasteiger partial charge in [-0.1, -0.05) is 28.1 Å². The minimum atomic E-state index is -3.65. The van der Waals surface area contributed by atoms with Crippen molar-refractivity contribution in [2.45, 2.75) is 13.5 Å². The van der Waals surface area contributed by atoms with Crippen LogP contribution in [0, 0.1) is 0 Å². The Morgan fingerprint density at radius 2 is 2.11 bits per heavy atom. The van der Waals surface area contributed by atoms with Crippen LogP contribution in [0.15, 0.2) is 28.7 Å². The quantitative estimate of drug-likeness (QED) is 0.734. The highest BCUT2D eigenvalue weighted by Gasteiger charge is 2.22. The summed E-state index contributed by atoms with van der Waals surface area (Å²) in [4.78, 5) is 11.2. The van der Waals surface area contributed by atoms with Gasteiger partial charge in [0.05, 0.1) is 6.61 Å². The van der Waals surface area contributed by atoms with Gasteiger partial charge in [-0.2, -0.15) is 0 Å². The molecule has 106 valence electrons. The first-order chi connectivity index (χ1) is 8.85. The second-order valence-electron chi connectivity index (χ2n) is 3.95. The molecular weight excluding hydrogens is 334 g/mol. The van der Waals surface area contributed by atoms with Gasteiger partial charge >= 0.3 is 5.97 Å². The number of halogens is 1. The van der Waals surface area contributed by atoms with E-state index in [0.29, 0.717) is 0 Å². The third kappa shape index (κ3) is 5.30. The Hall–Kier alpha value is -0.920. The van der Waals surface area contributed by atoms with Gasteiger partial charge in [0.1, 0.15) is 0 Å². The molecule has 0 atom stereocenters. The van der Waals surface area contributed by atoms with Crippen LogP contribution in [0.4, 0.5) is 0 Å². The number of carbonyl (C=O) groups excluding carboxylic acids is 1. The van der Waals surface area contributed by atoms with Crippen molar-refractivity contribution in [2.75, 3.05) is 19.4 Å². The molecule has 0 fully saturated rings. The zero-order valence-electron chi connectivity index (χ0n) is 10.8. The molecule has 1 aromatic carbocycles. The van der Waals surface area contributed by atoms with Gasteiger partial charge in [-0.3, -0.25) is 4.79 Å². The molecule has 0 amide bonds. The van der Waals surface area contributed by atoms with E-state index in [2.05, 4.69) is 20.7 Å². The highest BCUT2D eigenvalue weighted by atomic mass is 79.9. The molecule has 1 rings (SSSR count). The second-order valence-corrected chi connectivity index (χ2v) is 6.94. The molecule has 0 aromatic heterocycles. The lowest BCUT2D eigenvalue weighted by Gasteiger charge is -2.16. The Kier molecular flexibility index (Phi) is 5.96. The maximum Gasteiger partial charge on any atom is 0.322 e. The predicted octanol–water partition coefficient (Wildman–Crippen LogP) is 1.77. The molecule has 0 aliphatic carbocycles. The largest absolute Gasteiger partial charge is 0.465 e. The number of ether oxygens (including phenoxy) is 1. The zero-order valence-corrected chi connectivity index (χ0v) is 13.2. The SMILES string of the molecule is CCOC(=O)CS(=O)(=O)N(C)Cc1cccc(Br)c1. The molecule has 0 radical (unpaired) electrons. The normalized spacial score (nSPS) is 11.6. The minimum absolute atomic E-state index is 0.170. The molecule has 0 saturated carbocycles. The van der Waals surface area contributed by atoms with Gasteiger partial charge in [-0.15, -0.1) is 0 Å². The lowest BCUT2D eigenvalue weighted by molar-refractivity contribution is -0.140. The molecule has 1 aromatic rings. The smallest absolute Gasteiger partial charge is 0.322 e. The number of nitrogens with zero attached hydrogens (tertiary/aromatic N) is 1. The molecule has 0 spiro atoms. The summed E-state index contributed by atoms with van der Waals surface area (Å²) < 4.78 is 30.5. The number of sulfonamides is 1. The number of hydrogen-bond donors (Lipinski definition) is 0. The highest BCUT2D eigenvalue weighted by Crippen LogP contribution is 2.14. The molecule has 19 heavy (non-hydrogen) atoms. The first-order valence-corrected chi connectivity index (χ1v) is 8.09. The van der Waals surface area contributed by atoms with Crippen molar-refractivity contribution in [1.82, 2.24) is 4.31 Å². The number of rotatable bonds is 6. The van der Waals surface area contributed by atoms with Crippen molar-refractivity contribution in [2.24, 2.45) is 0 Å². The van der Waals surface area contributed by atoms with Crippen LogP contribution in [0.5, 0.6) is 0 Å². The summed E-state index contributed by atoms with van der Waals surface area (Å²) in [5.74, 6) is -1.37. The van der Waals surface area contributed by atoms with Crippen molar-refractivity contribution in [3.05, 3.63) is 34.3 Å². The Labute approximate surface area is 121 Å². The molecule has 7 heteroatoms. The summed E-state index contributed by atoms with van der Waals surface area (Å²) in [6, 6.07) is 7.33. The van der Waals surface area contributed by atoms with Crippen molar-refractivity contribution < 1.29 is 17.9 Å². The summed E-state index contributed by atoms with van der Waals surface area (Å²) in [6.45, 7) is 2.01. The number of carbonyl (C=O) groups is 1. The minimum Gasteiger partial charge on any atom is -0.465 e. The van der Waals surface area contributed by atoms with Crippen LogP contribution >= 0.6 is 15.9 Å². The summed E-state index contributed by atoms with van der Waals surface area (Å²) in [6.07, 6.45) is 0. The van der Waals surface area contributed by atoms with Crippen molar-refractivity contribution in [1.29, 1.82) is 0 Å². The Morgan fingerprint density at radius 1 is 1.42 bits per heavy atom. The fourth-order valence-corrected chi connectivity index (χ4v) is 2.85. The van der Waals surface area contributed by atoms with E-state index in [9.17, 15) is 13.2 Å². The van der Waals surface area contributed by atoms with E-state index in [1.165, 1.54) is 7.05 Å². The van der Waals surface area contributed by atoms with Gasteiger partial charge in [-0.25, -0.2) is 12.7 Å². The molecule has 5 nitrogen and oxygen atoms in total. The highest BCUT2D eigenvalue weighted by molar-refractivity contribution is 9.10. The Bertz CT molecular complexity index is 544. The fraction of sp³-hybridized carbons (Fsp3) is 0.417. The van der Waals surface area contributed by atoms with Crippen LogP contribution in [0.1, 0.15) is 12.5 Å². The van der Waals surface area contributed by atoms with E-state index in [1.54, 1.807) is 6.92 Å². The molecule has 0 saturated heterocycles. The monoisotopic (exact) mass is 349 g/mol. The number of esters is 1. The van der Waals surface area contributed by atoms with Gasteiger partial charge in [0.2, 0.25) is 10.0 Å². The molecule has 0 bridgehead atoms. The zero-order chi connectivity index (χ0) is 14.5. The summed E-state index contributed by atoms with van der Waals surface area (Å²) in [5, 5.41) is 0. The predicted molar refractivity (Wildman–Crippen MR) is 76.0 cm³/mol. The van der Waals surface area contributed by atoms with Gasteiger partial charge in [0.25, 0.3) is 0 Å². The van der Waals surface area contributed by atoms with Gasteiger partial charge < -0.3 is 4.74 Å². The summed E-state index contributed by atoms with van der Waals surface area (Å²) in [7, 11) is -2.21. The third-order valence-corrected chi connectivity index (χ3v) is 4.55. The van der Waals surface area contributed by atoms with Gasteiger partial charge in [0.15, 0.2) is 5.75 Å². The average Bonchev–Trinajstić information content (AvgIpc) is 2.28. The first kappa shape index (κ1) is 16.1. The van der Waals surface area contributed by atoms with E-state index in [-0.39, 0.29) is 13.2 Å². The van der Waals surface area contributed by atoms with Crippen LogP contribution in [0.2, 0.25) is 0 Å². The van der Waals surface area contributed by atoms with E-state index < -0.39 is 21.7 Å². The summed E-state index contributed by atoms with van der Waals surface area (Å²) in [5.41, 5.74) is 0.837. The van der Waals surface area contributed by atoms with Crippen molar-refractivity contribution >= 4 is 31.9 Å². The first-order valence-electron chi connectivity index (χ1n) is 5.69. The average molecular weight is 350 g/mol. The molecule has 0 N–H and O–H groups in total. The van der Waals surface area contributed by atoms with E-state index >= 15 is 0 Å². The number of benzene rings is 1. The third-order valence-electron chi connectivity index (χ3n) is 2.37. The standard InChI is InChI=1S/C12H16BrNO4S/c1-3-18-12(15)9-19(16,17)14(2)8-10-5-4-6-11(13)7-10/h4-7H,3,8-9H2,1-2H3. The van der Waals surface area contributed by atoms with Gasteiger partial charge in [0, 0.05) is 18.1 Å². The maximum absolute atomic E-state index is 11.9. The lowest BCUT2D eigenvalue weighted by Crippen LogP contribution is -2.32.